The standard InChI is InChI=1S/C23H26N4O/c1-26-21(17-25-22(26)19-10-3-2-4-11-19)23(28)24-14-8-16-27-15-7-12-18-9-5-6-13-20(18)27/h2-6,9-11,13,17H,7-8,12,14-16H2,1H3,(H,24,28). The van der Waals surface area contributed by atoms with Crippen molar-refractivity contribution in [3.63, 3.8) is 0 Å². The van der Waals surface area contributed by atoms with Crippen molar-refractivity contribution in [3.8, 4) is 11.4 Å². The minimum Gasteiger partial charge on any atom is -0.371 e. The van der Waals surface area contributed by atoms with Crippen LogP contribution in [0.5, 0.6) is 0 Å². The predicted molar refractivity (Wildman–Crippen MR) is 113 cm³/mol. The molecule has 0 atom stereocenters. The van der Waals surface area contributed by atoms with Crippen molar-refractivity contribution in [3.05, 3.63) is 72.1 Å². The van der Waals surface area contributed by atoms with Crippen molar-refractivity contribution in [2.75, 3.05) is 24.5 Å². The van der Waals surface area contributed by atoms with E-state index < -0.39 is 0 Å². The van der Waals surface area contributed by atoms with Gasteiger partial charge in [0.15, 0.2) is 0 Å². The number of carbonyl (C=O) groups excluding carboxylic acids is 1. The molecule has 0 fully saturated rings. The van der Waals surface area contributed by atoms with E-state index in [4.69, 9.17) is 0 Å². The van der Waals surface area contributed by atoms with Gasteiger partial charge in [-0.05, 0) is 30.9 Å². The van der Waals surface area contributed by atoms with Gasteiger partial charge in [-0.25, -0.2) is 4.98 Å². The van der Waals surface area contributed by atoms with Gasteiger partial charge < -0.3 is 14.8 Å². The number of aryl methyl sites for hydroxylation is 1. The monoisotopic (exact) mass is 374 g/mol. The van der Waals surface area contributed by atoms with Crippen LogP contribution in [0.25, 0.3) is 11.4 Å². The number of hydrogen-bond acceptors (Lipinski definition) is 3. The smallest absolute Gasteiger partial charge is 0.269 e. The number of imidazole rings is 1. The van der Waals surface area contributed by atoms with Gasteiger partial charge in [0, 0.05) is 37.9 Å². The number of anilines is 1. The van der Waals surface area contributed by atoms with Crippen LogP contribution in [0.15, 0.2) is 60.8 Å². The van der Waals surface area contributed by atoms with Crippen LogP contribution in [-0.4, -0.2) is 35.1 Å². The zero-order chi connectivity index (χ0) is 19.3. The van der Waals surface area contributed by atoms with Gasteiger partial charge in [-0.1, -0.05) is 48.5 Å². The average molecular weight is 374 g/mol. The summed E-state index contributed by atoms with van der Waals surface area (Å²) in [4.78, 5) is 19.4. The van der Waals surface area contributed by atoms with Crippen LogP contribution in [0.1, 0.15) is 28.9 Å². The Balaban J connectivity index is 1.32. The highest BCUT2D eigenvalue weighted by atomic mass is 16.1. The zero-order valence-electron chi connectivity index (χ0n) is 16.3. The molecule has 0 saturated carbocycles. The number of para-hydroxylation sites is 1. The first-order valence-electron chi connectivity index (χ1n) is 9.92. The van der Waals surface area contributed by atoms with Crippen LogP contribution in [0.3, 0.4) is 0 Å². The van der Waals surface area contributed by atoms with E-state index in [0.717, 1.165) is 37.3 Å². The van der Waals surface area contributed by atoms with Crippen LogP contribution in [-0.2, 0) is 13.5 Å². The summed E-state index contributed by atoms with van der Waals surface area (Å²) in [6, 6.07) is 18.6. The molecule has 28 heavy (non-hydrogen) atoms. The van der Waals surface area contributed by atoms with Crippen molar-refractivity contribution in [1.29, 1.82) is 0 Å². The van der Waals surface area contributed by atoms with E-state index in [1.807, 2.05) is 41.9 Å². The number of aromatic nitrogens is 2. The lowest BCUT2D eigenvalue weighted by Crippen LogP contribution is -2.33. The second-order valence-corrected chi connectivity index (χ2v) is 7.22. The maximum atomic E-state index is 12.6. The average Bonchev–Trinajstić information content (AvgIpc) is 3.13. The number of fused-ring (bicyclic) bond motifs is 1. The van der Waals surface area contributed by atoms with Crippen LogP contribution in [0, 0.1) is 0 Å². The van der Waals surface area contributed by atoms with Gasteiger partial charge in [0.05, 0.1) is 6.20 Å². The van der Waals surface area contributed by atoms with Gasteiger partial charge in [-0.3, -0.25) is 4.79 Å². The third-order valence-corrected chi connectivity index (χ3v) is 5.35. The minimum atomic E-state index is -0.0729. The fourth-order valence-electron chi connectivity index (χ4n) is 3.88. The fraction of sp³-hybridized carbons (Fsp3) is 0.304. The molecule has 0 aliphatic carbocycles. The minimum absolute atomic E-state index is 0.0729. The first kappa shape index (κ1) is 18.3. The molecule has 0 saturated heterocycles. The number of amides is 1. The molecule has 4 rings (SSSR count). The molecule has 3 aromatic rings. The third-order valence-electron chi connectivity index (χ3n) is 5.35. The van der Waals surface area contributed by atoms with Crippen molar-refractivity contribution >= 4 is 11.6 Å². The molecule has 1 amide bonds. The molecular weight excluding hydrogens is 348 g/mol. The van der Waals surface area contributed by atoms with Crippen molar-refractivity contribution in [2.24, 2.45) is 7.05 Å². The molecule has 5 nitrogen and oxygen atoms in total. The maximum absolute atomic E-state index is 12.6. The largest absolute Gasteiger partial charge is 0.371 e. The van der Waals surface area contributed by atoms with Crippen LogP contribution >= 0.6 is 0 Å². The number of nitrogens with one attached hydrogen (secondary N) is 1. The Morgan fingerprint density at radius 3 is 2.75 bits per heavy atom. The number of hydrogen-bond donors (Lipinski definition) is 1. The van der Waals surface area contributed by atoms with Gasteiger partial charge in [-0.2, -0.15) is 0 Å². The van der Waals surface area contributed by atoms with Gasteiger partial charge in [0.2, 0.25) is 0 Å². The molecule has 0 bridgehead atoms. The first-order valence-corrected chi connectivity index (χ1v) is 9.92. The van der Waals surface area contributed by atoms with E-state index in [9.17, 15) is 4.79 Å². The first-order chi connectivity index (χ1) is 13.7. The lowest BCUT2D eigenvalue weighted by Gasteiger charge is -2.31. The lowest BCUT2D eigenvalue weighted by atomic mass is 10.0. The van der Waals surface area contributed by atoms with Gasteiger partial charge in [-0.15, -0.1) is 0 Å². The second-order valence-electron chi connectivity index (χ2n) is 7.22. The van der Waals surface area contributed by atoms with Gasteiger partial charge in [0.1, 0.15) is 11.5 Å². The molecule has 1 N–H and O–H groups in total. The molecule has 5 heteroatoms. The van der Waals surface area contributed by atoms with E-state index in [1.54, 1.807) is 6.20 Å². The molecule has 1 aliphatic heterocycles. The van der Waals surface area contributed by atoms with Crippen LogP contribution < -0.4 is 10.2 Å². The molecule has 0 spiro atoms. The fourth-order valence-corrected chi connectivity index (χ4v) is 3.88. The molecule has 0 unspecified atom stereocenters. The van der Waals surface area contributed by atoms with Gasteiger partial charge >= 0.3 is 0 Å². The molecule has 2 aromatic carbocycles. The lowest BCUT2D eigenvalue weighted by molar-refractivity contribution is 0.0945. The Kier molecular flexibility index (Phi) is 5.42. The Morgan fingerprint density at radius 1 is 1.11 bits per heavy atom. The quantitative estimate of drug-likeness (QED) is 0.670. The summed E-state index contributed by atoms with van der Waals surface area (Å²) in [7, 11) is 1.88. The summed E-state index contributed by atoms with van der Waals surface area (Å²) in [5.41, 5.74) is 4.37. The summed E-state index contributed by atoms with van der Waals surface area (Å²) in [6.07, 6.45) is 4.93. The Hall–Kier alpha value is -3.08. The zero-order valence-corrected chi connectivity index (χ0v) is 16.3. The van der Waals surface area contributed by atoms with E-state index in [-0.39, 0.29) is 5.91 Å². The number of rotatable bonds is 6. The normalized spacial score (nSPS) is 13.2. The summed E-state index contributed by atoms with van der Waals surface area (Å²) < 4.78 is 1.85. The summed E-state index contributed by atoms with van der Waals surface area (Å²) in [6.45, 7) is 2.70. The van der Waals surface area contributed by atoms with Crippen molar-refractivity contribution in [1.82, 2.24) is 14.9 Å². The molecular formula is C23H26N4O. The Bertz CT molecular complexity index is 948. The molecule has 1 aliphatic rings. The van der Waals surface area contributed by atoms with E-state index in [0.29, 0.717) is 12.2 Å². The topological polar surface area (TPSA) is 50.2 Å². The van der Waals surface area contributed by atoms with Gasteiger partial charge in [0.25, 0.3) is 5.91 Å². The summed E-state index contributed by atoms with van der Waals surface area (Å²) >= 11 is 0. The number of benzene rings is 2. The highest BCUT2D eigenvalue weighted by molar-refractivity contribution is 5.93. The predicted octanol–water partition coefficient (Wildman–Crippen LogP) is 3.66. The Labute approximate surface area is 166 Å². The van der Waals surface area contributed by atoms with E-state index in [1.165, 1.54) is 17.7 Å². The summed E-state index contributed by atoms with van der Waals surface area (Å²) in [5.74, 6) is 0.729. The molecule has 2 heterocycles. The number of nitrogens with zero attached hydrogens (tertiary/aromatic N) is 3. The SMILES string of the molecule is Cn1c(C(=O)NCCCN2CCCc3ccccc32)cnc1-c1ccccc1. The highest BCUT2D eigenvalue weighted by Gasteiger charge is 2.17. The molecule has 1 aromatic heterocycles. The Morgan fingerprint density at radius 2 is 1.89 bits per heavy atom. The van der Waals surface area contributed by atoms with Crippen molar-refractivity contribution in [2.45, 2.75) is 19.3 Å². The second kappa shape index (κ2) is 8.30. The summed E-state index contributed by atoms with van der Waals surface area (Å²) in [5, 5.41) is 3.04. The van der Waals surface area contributed by atoms with E-state index in [2.05, 4.69) is 39.5 Å². The van der Waals surface area contributed by atoms with Crippen molar-refractivity contribution < 1.29 is 4.79 Å². The van der Waals surface area contributed by atoms with Crippen LogP contribution in [0.2, 0.25) is 0 Å². The maximum Gasteiger partial charge on any atom is 0.269 e. The number of carbonyl (C=O) groups is 1. The molecule has 0 radical (unpaired) electrons. The third kappa shape index (κ3) is 3.79. The van der Waals surface area contributed by atoms with Crippen LogP contribution in [0.4, 0.5) is 5.69 Å². The highest BCUT2D eigenvalue weighted by Crippen LogP contribution is 2.26. The van der Waals surface area contributed by atoms with E-state index >= 15 is 0 Å². The molecule has 144 valence electrons.